The molecule has 0 atom stereocenters. The fourth-order valence-corrected chi connectivity index (χ4v) is 3.90. The van der Waals surface area contributed by atoms with Crippen LogP contribution in [0.1, 0.15) is 5.56 Å². The van der Waals surface area contributed by atoms with E-state index < -0.39 is 0 Å². The summed E-state index contributed by atoms with van der Waals surface area (Å²) in [4.78, 5) is 4.53. The van der Waals surface area contributed by atoms with Crippen molar-refractivity contribution in [2.45, 2.75) is 10.9 Å². The number of fused-ring (bicyclic) bond motifs is 1. The Labute approximate surface area is 141 Å². The number of halogens is 2. The number of nitrogens with zero attached hydrogens (tertiary/aromatic N) is 1. The molecule has 0 unspecified atom stereocenters. The predicted octanol–water partition coefficient (Wildman–Crippen LogP) is 5.94. The molecule has 0 saturated heterocycles. The van der Waals surface area contributed by atoms with Gasteiger partial charge < -0.3 is 5.32 Å². The van der Waals surface area contributed by atoms with Crippen molar-refractivity contribution in [2.75, 3.05) is 11.6 Å². The molecule has 6 heteroatoms. The van der Waals surface area contributed by atoms with E-state index in [2.05, 4.69) is 16.4 Å². The highest BCUT2D eigenvalue weighted by Gasteiger charge is 2.06. The quantitative estimate of drug-likeness (QED) is 0.587. The van der Waals surface area contributed by atoms with E-state index in [0.29, 0.717) is 16.6 Å². The van der Waals surface area contributed by atoms with Crippen LogP contribution in [0, 0.1) is 0 Å². The van der Waals surface area contributed by atoms with Crippen molar-refractivity contribution in [3.63, 3.8) is 0 Å². The zero-order valence-corrected chi connectivity index (χ0v) is 14.3. The lowest BCUT2D eigenvalue weighted by Gasteiger charge is -2.09. The van der Waals surface area contributed by atoms with Gasteiger partial charge in [-0.3, -0.25) is 0 Å². The minimum Gasteiger partial charge on any atom is -0.381 e. The first-order valence-electron chi connectivity index (χ1n) is 6.28. The van der Waals surface area contributed by atoms with Gasteiger partial charge in [0.05, 0.1) is 20.3 Å². The van der Waals surface area contributed by atoms with E-state index in [0.717, 1.165) is 21.1 Å². The zero-order chi connectivity index (χ0) is 14.8. The summed E-state index contributed by atoms with van der Waals surface area (Å²) in [7, 11) is 0. The van der Waals surface area contributed by atoms with E-state index in [1.807, 2.05) is 30.5 Å². The minimum atomic E-state index is 0.582. The summed E-state index contributed by atoms with van der Waals surface area (Å²) in [5, 5.41) is 4.57. The Bertz CT molecular complexity index is 786. The maximum Gasteiger partial charge on any atom is 0.150 e. The number of hydrogen-bond donors (Lipinski definition) is 1. The lowest BCUT2D eigenvalue weighted by Crippen LogP contribution is -1.99. The summed E-state index contributed by atoms with van der Waals surface area (Å²) < 4.78 is 2.27. The first-order valence-corrected chi connectivity index (χ1v) is 9.08. The molecule has 0 aliphatic carbocycles. The highest BCUT2D eigenvalue weighted by Crippen LogP contribution is 2.31. The average Bonchev–Trinajstić information content (AvgIpc) is 2.91. The summed E-state index contributed by atoms with van der Waals surface area (Å²) in [5.41, 5.74) is 3.07. The molecule has 1 heterocycles. The van der Waals surface area contributed by atoms with Gasteiger partial charge in [-0.2, -0.15) is 0 Å². The Balaban J connectivity index is 1.80. The fraction of sp³-hybridized carbons (Fsp3) is 0.133. The second-order valence-corrected chi connectivity index (χ2v) is 7.30. The van der Waals surface area contributed by atoms with Crippen LogP contribution in [-0.2, 0) is 6.54 Å². The lowest BCUT2D eigenvalue weighted by molar-refractivity contribution is 1.15. The monoisotopic (exact) mass is 354 g/mol. The van der Waals surface area contributed by atoms with Crippen LogP contribution in [0.15, 0.2) is 40.7 Å². The molecule has 21 heavy (non-hydrogen) atoms. The van der Waals surface area contributed by atoms with Gasteiger partial charge in [-0.25, -0.2) is 4.98 Å². The van der Waals surface area contributed by atoms with Gasteiger partial charge in [0.25, 0.3) is 0 Å². The molecular formula is C15H12Cl2N2S2. The molecule has 3 rings (SSSR count). The van der Waals surface area contributed by atoms with Gasteiger partial charge in [0.2, 0.25) is 0 Å². The maximum atomic E-state index is 6.19. The average molecular weight is 355 g/mol. The second kappa shape index (κ2) is 6.44. The molecule has 0 fully saturated rings. The Kier molecular flexibility index (Phi) is 4.60. The number of nitrogens with one attached hydrogen (secondary N) is 1. The van der Waals surface area contributed by atoms with Crippen LogP contribution in [0.25, 0.3) is 10.2 Å². The van der Waals surface area contributed by atoms with Crippen molar-refractivity contribution in [1.82, 2.24) is 4.98 Å². The number of hydrogen-bond acceptors (Lipinski definition) is 4. The van der Waals surface area contributed by atoms with Crippen molar-refractivity contribution < 1.29 is 0 Å². The summed E-state index contributed by atoms with van der Waals surface area (Å²) >= 11 is 15.6. The standard InChI is InChI=1S/C15H12Cl2N2S2/c1-20-15-19-12-6-5-10(7-13(12)21-15)18-8-9-3-2-4-11(16)14(9)17/h2-7,18H,8H2,1H3. The Morgan fingerprint density at radius 3 is 2.90 bits per heavy atom. The van der Waals surface area contributed by atoms with Gasteiger partial charge in [0, 0.05) is 12.2 Å². The lowest BCUT2D eigenvalue weighted by atomic mass is 10.2. The highest BCUT2D eigenvalue weighted by molar-refractivity contribution is 8.00. The summed E-state index contributed by atoms with van der Waals surface area (Å²) in [5.74, 6) is 0. The largest absolute Gasteiger partial charge is 0.381 e. The number of benzene rings is 2. The van der Waals surface area contributed by atoms with Crippen LogP contribution in [0.5, 0.6) is 0 Å². The van der Waals surface area contributed by atoms with E-state index in [4.69, 9.17) is 23.2 Å². The van der Waals surface area contributed by atoms with E-state index in [1.54, 1.807) is 29.2 Å². The van der Waals surface area contributed by atoms with Gasteiger partial charge in [-0.15, -0.1) is 11.3 Å². The minimum absolute atomic E-state index is 0.582. The third-order valence-corrected chi connectivity index (χ3v) is 5.92. The Morgan fingerprint density at radius 2 is 2.10 bits per heavy atom. The van der Waals surface area contributed by atoms with Gasteiger partial charge in [-0.1, -0.05) is 47.1 Å². The van der Waals surface area contributed by atoms with Crippen LogP contribution in [0.2, 0.25) is 10.0 Å². The van der Waals surface area contributed by atoms with Gasteiger partial charge in [0.15, 0.2) is 4.34 Å². The molecule has 0 saturated carbocycles. The smallest absolute Gasteiger partial charge is 0.150 e. The zero-order valence-electron chi connectivity index (χ0n) is 11.2. The highest BCUT2D eigenvalue weighted by atomic mass is 35.5. The van der Waals surface area contributed by atoms with E-state index >= 15 is 0 Å². The topological polar surface area (TPSA) is 24.9 Å². The van der Waals surface area contributed by atoms with E-state index in [9.17, 15) is 0 Å². The summed E-state index contributed by atoms with van der Waals surface area (Å²) in [6, 6.07) is 11.9. The molecule has 0 bridgehead atoms. The third-order valence-electron chi connectivity index (χ3n) is 3.06. The molecule has 0 aliphatic rings. The van der Waals surface area contributed by atoms with E-state index in [-0.39, 0.29) is 0 Å². The molecule has 3 aromatic rings. The van der Waals surface area contributed by atoms with Crippen molar-refractivity contribution in [3.05, 3.63) is 52.0 Å². The molecule has 2 aromatic carbocycles. The number of thioether (sulfide) groups is 1. The van der Waals surface area contributed by atoms with Crippen molar-refractivity contribution in [3.8, 4) is 0 Å². The maximum absolute atomic E-state index is 6.19. The first-order chi connectivity index (χ1) is 10.2. The molecule has 1 N–H and O–H groups in total. The second-order valence-electron chi connectivity index (χ2n) is 4.43. The third kappa shape index (κ3) is 3.29. The predicted molar refractivity (Wildman–Crippen MR) is 95.2 cm³/mol. The number of rotatable bonds is 4. The molecule has 2 nitrogen and oxygen atoms in total. The van der Waals surface area contributed by atoms with Gasteiger partial charge in [0.1, 0.15) is 0 Å². The number of thiazole rings is 1. The van der Waals surface area contributed by atoms with Crippen LogP contribution in [-0.4, -0.2) is 11.2 Å². The SMILES string of the molecule is CSc1nc2ccc(NCc3cccc(Cl)c3Cl)cc2s1. The van der Waals surface area contributed by atoms with Gasteiger partial charge >= 0.3 is 0 Å². The number of aromatic nitrogens is 1. The van der Waals surface area contributed by atoms with E-state index in [1.165, 1.54) is 4.70 Å². The van der Waals surface area contributed by atoms with Gasteiger partial charge in [-0.05, 0) is 36.1 Å². The normalized spacial score (nSPS) is 11.0. The van der Waals surface area contributed by atoms with Crippen LogP contribution >= 0.6 is 46.3 Å². The van der Waals surface area contributed by atoms with Crippen LogP contribution in [0.3, 0.4) is 0 Å². The molecule has 0 spiro atoms. The molecule has 0 amide bonds. The van der Waals surface area contributed by atoms with Crippen LogP contribution < -0.4 is 5.32 Å². The molecule has 1 aromatic heterocycles. The fourth-order valence-electron chi connectivity index (χ4n) is 1.98. The van der Waals surface area contributed by atoms with Crippen LogP contribution in [0.4, 0.5) is 5.69 Å². The van der Waals surface area contributed by atoms with Crippen molar-refractivity contribution in [1.29, 1.82) is 0 Å². The molecule has 0 radical (unpaired) electrons. The van der Waals surface area contributed by atoms with Crippen molar-refractivity contribution in [2.24, 2.45) is 0 Å². The molecule has 108 valence electrons. The molecular weight excluding hydrogens is 343 g/mol. The number of anilines is 1. The molecule has 0 aliphatic heterocycles. The summed E-state index contributed by atoms with van der Waals surface area (Å²) in [6.07, 6.45) is 2.04. The Hall–Kier alpha value is -0.940. The summed E-state index contributed by atoms with van der Waals surface area (Å²) in [6.45, 7) is 0.638. The van der Waals surface area contributed by atoms with Crippen molar-refractivity contribution >= 4 is 62.2 Å². The Morgan fingerprint density at radius 1 is 1.24 bits per heavy atom. The first kappa shape index (κ1) is 15.0.